The van der Waals surface area contributed by atoms with E-state index in [1.165, 1.54) is 6.20 Å². The molecule has 4 aliphatic rings. The summed E-state index contributed by atoms with van der Waals surface area (Å²) < 4.78 is 27.6. The molecule has 23 heavy (non-hydrogen) atoms. The third-order valence-electron chi connectivity index (χ3n) is 5.80. The first-order valence-corrected chi connectivity index (χ1v) is 10.1. The molecule has 6 heteroatoms. The SMILES string of the molecule is O=C(NS(=O)(=O)C1CC2CCC1CC2)c1cnc2c(c1)CCC2. The number of fused-ring (bicyclic) bond motifs is 4. The van der Waals surface area contributed by atoms with Gasteiger partial charge in [0.15, 0.2) is 0 Å². The van der Waals surface area contributed by atoms with Gasteiger partial charge in [0.05, 0.1) is 10.8 Å². The van der Waals surface area contributed by atoms with E-state index in [1.54, 1.807) is 6.07 Å². The topological polar surface area (TPSA) is 76.1 Å². The van der Waals surface area contributed by atoms with Gasteiger partial charge in [-0.15, -0.1) is 0 Å². The molecule has 3 saturated carbocycles. The molecule has 4 aliphatic carbocycles. The fraction of sp³-hybridized carbons (Fsp3) is 0.647. The molecule has 1 amide bonds. The number of amides is 1. The standard InChI is InChI=1S/C17H22N2O3S/c20-17(14-9-13-2-1-3-15(13)18-10-14)19-23(21,22)16-8-11-4-6-12(16)7-5-11/h9-12,16H,1-8H2,(H,19,20). The van der Waals surface area contributed by atoms with Crippen LogP contribution in [0.1, 0.15) is 60.1 Å². The molecule has 1 unspecified atom stereocenters. The van der Waals surface area contributed by atoms with E-state index in [4.69, 9.17) is 0 Å². The maximum Gasteiger partial charge on any atom is 0.266 e. The van der Waals surface area contributed by atoms with Crippen LogP contribution in [0.2, 0.25) is 0 Å². The summed E-state index contributed by atoms with van der Waals surface area (Å²) in [5, 5.41) is -0.402. The highest BCUT2D eigenvalue weighted by molar-refractivity contribution is 7.90. The molecule has 1 atom stereocenters. The predicted octanol–water partition coefficient (Wildman–Crippen LogP) is 2.21. The molecule has 1 N–H and O–H groups in total. The second kappa shape index (κ2) is 5.58. The lowest BCUT2D eigenvalue weighted by Crippen LogP contribution is -2.47. The maximum atomic E-state index is 12.6. The van der Waals surface area contributed by atoms with Crippen molar-refractivity contribution in [3.63, 3.8) is 0 Å². The molecule has 1 heterocycles. The van der Waals surface area contributed by atoms with Crippen LogP contribution in [-0.4, -0.2) is 24.6 Å². The Bertz CT molecular complexity index is 736. The number of aryl methyl sites for hydroxylation is 2. The summed E-state index contributed by atoms with van der Waals surface area (Å²) in [6, 6.07) is 1.80. The number of hydrogen-bond acceptors (Lipinski definition) is 4. The van der Waals surface area contributed by atoms with Crippen molar-refractivity contribution in [3.05, 3.63) is 29.1 Å². The Balaban J connectivity index is 1.51. The van der Waals surface area contributed by atoms with Gasteiger partial charge in [0.2, 0.25) is 10.0 Å². The number of nitrogens with zero attached hydrogens (tertiary/aromatic N) is 1. The first-order valence-electron chi connectivity index (χ1n) is 8.57. The van der Waals surface area contributed by atoms with Crippen LogP contribution in [0.15, 0.2) is 12.3 Å². The molecule has 0 aromatic carbocycles. The quantitative estimate of drug-likeness (QED) is 0.919. The van der Waals surface area contributed by atoms with E-state index in [-0.39, 0.29) is 5.92 Å². The fourth-order valence-electron chi connectivity index (χ4n) is 4.51. The van der Waals surface area contributed by atoms with E-state index in [9.17, 15) is 13.2 Å². The van der Waals surface area contributed by atoms with Crippen molar-refractivity contribution in [2.45, 2.75) is 56.6 Å². The van der Waals surface area contributed by atoms with Crippen molar-refractivity contribution >= 4 is 15.9 Å². The van der Waals surface area contributed by atoms with Crippen molar-refractivity contribution in [1.29, 1.82) is 0 Å². The Labute approximate surface area is 136 Å². The molecule has 5 nitrogen and oxygen atoms in total. The summed E-state index contributed by atoms with van der Waals surface area (Å²) in [6.45, 7) is 0. The van der Waals surface area contributed by atoms with E-state index in [2.05, 4.69) is 9.71 Å². The van der Waals surface area contributed by atoms with Gasteiger partial charge >= 0.3 is 0 Å². The van der Waals surface area contributed by atoms with E-state index < -0.39 is 21.2 Å². The average Bonchev–Trinajstić information content (AvgIpc) is 3.03. The Hall–Kier alpha value is -1.43. The number of aromatic nitrogens is 1. The molecule has 0 spiro atoms. The molecular formula is C17H22N2O3S. The average molecular weight is 334 g/mol. The van der Waals surface area contributed by atoms with Gasteiger partial charge in [-0.25, -0.2) is 13.1 Å². The summed E-state index contributed by atoms with van der Waals surface area (Å²) in [5.41, 5.74) is 2.47. The number of pyridine rings is 1. The van der Waals surface area contributed by atoms with Crippen LogP contribution in [0.5, 0.6) is 0 Å². The molecular weight excluding hydrogens is 312 g/mol. The summed E-state index contributed by atoms with van der Waals surface area (Å²) in [6.07, 6.45) is 9.35. The zero-order valence-electron chi connectivity index (χ0n) is 13.1. The lowest BCUT2D eigenvalue weighted by Gasteiger charge is -2.41. The second-order valence-electron chi connectivity index (χ2n) is 7.21. The zero-order valence-corrected chi connectivity index (χ0v) is 13.9. The number of carbonyl (C=O) groups excluding carboxylic acids is 1. The fourth-order valence-corrected chi connectivity index (χ4v) is 6.34. The van der Waals surface area contributed by atoms with Crippen LogP contribution in [0.25, 0.3) is 0 Å². The summed E-state index contributed by atoms with van der Waals surface area (Å²) in [7, 11) is -3.60. The maximum absolute atomic E-state index is 12.6. The van der Waals surface area contributed by atoms with Gasteiger partial charge in [-0.1, -0.05) is 12.8 Å². The zero-order chi connectivity index (χ0) is 16.0. The van der Waals surface area contributed by atoms with Crippen LogP contribution in [0, 0.1) is 11.8 Å². The Morgan fingerprint density at radius 1 is 1.17 bits per heavy atom. The van der Waals surface area contributed by atoms with Crippen molar-refractivity contribution in [1.82, 2.24) is 9.71 Å². The third kappa shape index (κ3) is 2.77. The number of rotatable bonds is 3. The number of sulfonamides is 1. The van der Waals surface area contributed by atoms with E-state index >= 15 is 0 Å². The number of hydrogen-bond donors (Lipinski definition) is 1. The molecule has 0 saturated heterocycles. The Morgan fingerprint density at radius 3 is 2.65 bits per heavy atom. The first-order chi connectivity index (χ1) is 11.0. The summed E-state index contributed by atoms with van der Waals surface area (Å²) >= 11 is 0. The molecule has 2 bridgehead atoms. The van der Waals surface area contributed by atoms with Gasteiger partial charge < -0.3 is 0 Å². The smallest absolute Gasteiger partial charge is 0.266 e. The predicted molar refractivity (Wildman–Crippen MR) is 86.5 cm³/mol. The molecule has 1 aromatic rings. The van der Waals surface area contributed by atoms with Gasteiger partial charge in [-0.2, -0.15) is 0 Å². The van der Waals surface area contributed by atoms with Crippen molar-refractivity contribution in [3.8, 4) is 0 Å². The molecule has 0 aliphatic heterocycles. The Kier molecular flexibility index (Phi) is 3.67. The molecule has 0 radical (unpaired) electrons. The van der Waals surface area contributed by atoms with Crippen LogP contribution < -0.4 is 4.72 Å². The summed E-state index contributed by atoms with van der Waals surface area (Å²) in [4.78, 5) is 16.7. The minimum atomic E-state index is -3.60. The van der Waals surface area contributed by atoms with Crippen LogP contribution >= 0.6 is 0 Å². The highest BCUT2D eigenvalue weighted by Crippen LogP contribution is 2.43. The highest BCUT2D eigenvalue weighted by atomic mass is 32.2. The highest BCUT2D eigenvalue weighted by Gasteiger charge is 2.43. The molecule has 1 aromatic heterocycles. The van der Waals surface area contributed by atoms with Gasteiger partial charge in [-0.05, 0) is 62.0 Å². The van der Waals surface area contributed by atoms with Crippen molar-refractivity contribution in [2.75, 3.05) is 0 Å². The van der Waals surface area contributed by atoms with Crippen LogP contribution in [0.3, 0.4) is 0 Å². The van der Waals surface area contributed by atoms with E-state index in [1.807, 2.05) is 0 Å². The van der Waals surface area contributed by atoms with E-state index in [0.717, 1.165) is 56.2 Å². The first kappa shape index (κ1) is 15.1. The van der Waals surface area contributed by atoms with Gasteiger partial charge in [0, 0.05) is 11.9 Å². The van der Waals surface area contributed by atoms with Gasteiger partial charge in [-0.3, -0.25) is 9.78 Å². The molecule has 5 rings (SSSR count). The molecule has 124 valence electrons. The summed E-state index contributed by atoms with van der Waals surface area (Å²) in [5.74, 6) is 0.190. The van der Waals surface area contributed by atoms with Gasteiger partial charge in [0.25, 0.3) is 5.91 Å². The molecule has 3 fully saturated rings. The minimum absolute atomic E-state index is 0.212. The normalized spacial score (nSPS) is 29.3. The lowest BCUT2D eigenvalue weighted by atomic mass is 9.70. The lowest BCUT2D eigenvalue weighted by molar-refractivity contribution is 0.0978. The van der Waals surface area contributed by atoms with Crippen LogP contribution in [0.4, 0.5) is 0 Å². The van der Waals surface area contributed by atoms with Crippen molar-refractivity contribution < 1.29 is 13.2 Å². The van der Waals surface area contributed by atoms with Crippen LogP contribution in [-0.2, 0) is 22.9 Å². The Morgan fingerprint density at radius 2 is 1.96 bits per heavy atom. The number of nitrogens with one attached hydrogen (secondary N) is 1. The monoisotopic (exact) mass is 334 g/mol. The second-order valence-corrected chi connectivity index (χ2v) is 9.11. The van der Waals surface area contributed by atoms with Crippen molar-refractivity contribution in [2.24, 2.45) is 11.8 Å². The van der Waals surface area contributed by atoms with Gasteiger partial charge in [0.1, 0.15) is 0 Å². The third-order valence-corrected chi connectivity index (χ3v) is 7.64. The largest absolute Gasteiger partial charge is 0.268 e. The minimum Gasteiger partial charge on any atom is -0.268 e. The number of carbonyl (C=O) groups is 1. The van der Waals surface area contributed by atoms with E-state index in [0.29, 0.717) is 17.9 Å².